The highest BCUT2D eigenvalue weighted by Crippen LogP contribution is 2.27. The lowest BCUT2D eigenvalue weighted by atomic mass is 9.97. The Kier molecular flexibility index (Phi) is 6.08. The van der Waals surface area contributed by atoms with E-state index in [0.717, 1.165) is 22.0 Å². The first-order chi connectivity index (χ1) is 16.8. The summed E-state index contributed by atoms with van der Waals surface area (Å²) in [5, 5.41) is 16.5. The smallest absolute Gasteiger partial charge is 0.243 e. The van der Waals surface area contributed by atoms with E-state index in [1.807, 2.05) is 62.4 Å². The first-order valence-electron chi connectivity index (χ1n) is 11.5. The molecule has 1 aliphatic rings. The second-order valence-corrected chi connectivity index (χ2v) is 10.8. The lowest BCUT2D eigenvalue weighted by Gasteiger charge is -2.30. The molecule has 0 unspecified atom stereocenters. The van der Waals surface area contributed by atoms with Gasteiger partial charge in [0.25, 0.3) is 0 Å². The van der Waals surface area contributed by atoms with Crippen molar-refractivity contribution in [1.29, 1.82) is 0 Å². The zero-order valence-electron chi connectivity index (χ0n) is 19.5. The average Bonchev–Trinajstić information content (AvgIpc) is 3.30. The van der Waals surface area contributed by atoms with Gasteiger partial charge in [-0.25, -0.2) is 8.42 Å². The Morgan fingerprint density at radius 2 is 1.71 bits per heavy atom. The molecule has 0 aliphatic carbocycles. The number of nitrogens with one attached hydrogen (secondary N) is 1. The van der Waals surface area contributed by atoms with Crippen LogP contribution in [0.5, 0.6) is 0 Å². The third kappa shape index (κ3) is 4.54. The normalized spacial score (nSPS) is 15.4. The van der Waals surface area contributed by atoms with Crippen LogP contribution in [0.4, 0.5) is 5.69 Å². The van der Waals surface area contributed by atoms with Crippen molar-refractivity contribution in [3.63, 3.8) is 0 Å². The zero-order valence-corrected chi connectivity index (χ0v) is 20.4. The van der Waals surface area contributed by atoms with Crippen molar-refractivity contribution in [3.8, 4) is 5.69 Å². The standard InChI is InChI=1S/C25H26N6O3S/c1-17-7-9-22(16-24(17)31-18(2)27-28-29-31)26-25(32)20-11-13-30(14-12-20)35(33,34)23-10-8-19-5-3-4-6-21(19)15-23/h3-10,15-16,20H,11-14H2,1-2H3,(H,26,32). The predicted octanol–water partition coefficient (Wildman–Crippen LogP) is 3.47. The molecule has 0 radical (unpaired) electrons. The number of fused-ring (bicyclic) bond motifs is 1. The highest BCUT2D eigenvalue weighted by Gasteiger charge is 2.32. The zero-order chi connectivity index (χ0) is 24.6. The number of hydrogen-bond acceptors (Lipinski definition) is 6. The number of benzene rings is 3. The second kappa shape index (κ2) is 9.20. The minimum absolute atomic E-state index is 0.115. The Bertz CT molecular complexity index is 1510. The van der Waals surface area contributed by atoms with E-state index in [2.05, 4.69) is 20.8 Å². The summed E-state index contributed by atoms with van der Waals surface area (Å²) >= 11 is 0. The van der Waals surface area contributed by atoms with Crippen LogP contribution in [-0.4, -0.2) is 51.9 Å². The largest absolute Gasteiger partial charge is 0.326 e. The van der Waals surface area contributed by atoms with Gasteiger partial charge in [-0.15, -0.1) is 5.10 Å². The van der Waals surface area contributed by atoms with Gasteiger partial charge in [-0.05, 0) is 77.7 Å². The molecule has 1 aromatic heterocycles. The molecule has 5 rings (SSSR count). The SMILES string of the molecule is Cc1ccc(NC(=O)C2CCN(S(=O)(=O)c3ccc4ccccc4c3)CC2)cc1-n1nnnc1C. The van der Waals surface area contributed by atoms with Gasteiger partial charge in [0, 0.05) is 24.7 Å². The minimum atomic E-state index is -3.62. The van der Waals surface area contributed by atoms with E-state index in [4.69, 9.17) is 0 Å². The van der Waals surface area contributed by atoms with Crippen molar-refractivity contribution >= 4 is 32.4 Å². The maximum absolute atomic E-state index is 13.2. The third-order valence-corrected chi connectivity index (χ3v) is 8.41. The molecule has 0 bridgehead atoms. The Balaban J connectivity index is 1.25. The molecule has 0 saturated carbocycles. The predicted molar refractivity (Wildman–Crippen MR) is 133 cm³/mol. The van der Waals surface area contributed by atoms with Crippen LogP contribution in [0, 0.1) is 19.8 Å². The molecule has 1 N–H and O–H groups in total. The summed E-state index contributed by atoms with van der Waals surface area (Å²) in [7, 11) is -3.62. The average molecular weight is 491 g/mol. The molecule has 0 atom stereocenters. The van der Waals surface area contributed by atoms with E-state index in [0.29, 0.717) is 37.4 Å². The fourth-order valence-electron chi connectivity index (χ4n) is 4.45. The van der Waals surface area contributed by atoms with Crippen LogP contribution in [0.25, 0.3) is 16.5 Å². The van der Waals surface area contributed by atoms with Gasteiger partial charge in [0.05, 0.1) is 10.6 Å². The molecule has 1 saturated heterocycles. The Labute approximate surface area is 203 Å². The van der Waals surface area contributed by atoms with Crippen LogP contribution in [0.1, 0.15) is 24.2 Å². The number of amides is 1. The number of anilines is 1. The van der Waals surface area contributed by atoms with Crippen LogP contribution in [0.2, 0.25) is 0 Å². The molecule has 4 aromatic rings. The van der Waals surface area contributed by atoms with Gasteiger partial charge in [0.1, 0.15) is 0 Å². The van der Waals surface area contributed by atoms with Gasteiger partial charge in [0.15, 0.2) is 5.82 Å². The fraction of sp³-hybridized carbons (Fsp3) is 0.280. The van der Waals surface area contributed by atoms with Crippen LogP contribution < -0.4 is 5.32 Å². The summed E-state index contributed by atoms with van der Waals surface area (Å²) in [6, 6.07) is 18.5. The van der Waals surface area contributed by atoms with Crippen molar-refractivity contribution in [2.45, 2.75) is 31.6 Å². The number of tetrazole rings is 1. The molecular weight excluding hydrogens is 464 g/mol. The molecule has 35 heavy (non-hydrogen) atoms. The number of hydrogen-bond donors (Lipinski definition) is 1. The molecular formula is C25H26N6O3S. The molecule has 1 fully saturated rings. The van der Waals surface area contributed by atoms with E-state index in [1.54, 1.807) is 16.8 Å². The van der Waals surface area contributed by atoms with Gasteiger partial charge in [-0.2, -0.15) is 8.99 Å². The molecule has 3 aromatic carbocycles. The van der Waals surface area contributed by atoms with Gasteiger partial charge >= 0.3 is 0 Å². The highest BCUT2D eigenvalue weighted by molar-refractivity contribution is 7.89. The summed E-state index contributed by atoms with van der Waals surface area (Å²) in [4.78, 5) is 13.2. The lowest BCUT2D eigenvalue weighted by molar-refractivity contribution is -0.120. The van der Waals surface area contributed by atoms with Crippen molar-refractivity contribution in [2.75, 3.05) is 18.4 Å². The van der Waals surface area contributed by atoms with E-state index >= 15 is 0 Å². The van der Waals surface area contributed by atoms with E-state index < -0.39 is 10.0 Å². The van der Waals surface area contributed by atoms with E-state index in [-0.39, 0.29) is 16.7 Å². The number of nitrogens with zero attached hydrogens (tertiary/aromatic N) is 5. The minimum Gasteiger partial charge on any atom is -0.326 e. The number of aromatic nitrogens is 4. The number of carbonyl (C=O) groups is 1. The van der Waals surface area contributed by atoms with E-state index in [1.165, 1.54) is 4.31 Å². The number of rotatable bonds is 5. The van der Waals surface area contributed by atoms with Crippen LogP contribution in [0.3, 0.4) is 0 Å². The van der Waals surface area contributed by atoms with Gasteiger partial charge in [-0.3, -0.25) is 4.79 Å². The first-order valence-corrected chi connectivity index (χ1v) is 12.9. The van der Waals surface area contributed by atoms with Gasteiger partial charge in [0.2, 0.25) is 15.9 Å². The Morgan fingerprint density at radius 1 is 0.971 bits per heavy atom. The summed E-state index contributed by atoms with van der Waals surface area (Å²) < 4.78 is 29.5. The number of sulfonamides is 1. The van der Waals surface area contributed by atoms with Crippen LogP contribution in [-0.2, 0) is 14.8 Å². The molecule has 1 aliphatic heterocycles. The lowest BCUT2D eigenvalue weighted by Crippen LogP contribution is -2.41. The highest BCUT2D eigenvalue weighted by atomic mass is 32.2. The van der Waals surface area contributed by atoms with Crippen molar-refractivity contribution in [3.05, 3.63) is 72.1 Å². The Hall–Kier alpha value is -3.63. The molecule has 1 amide bonds. The monoisotopic (exact) mass is 490 g/mol. The molecule has 10 heteroatoms. The molecule has 0 spiro atoms. The van der Waals surface area contributed by atoms with Crippen LogP contribution >= 0.6 is 0 Å². The first kappa shape index (κ1) is 23.1. The second-order valence-electron chi connectivity index (χ2n) is 8.82. The summed E-state index contributed by atoms with van der Waals surface area (Å²) in [6.07, 6.45) is 0.924. The van der Waals surface area contributed by atoms with E-state index in [9.17, 15) is 13.2 Å². The summed E-state index contributed by atoms with van der Waals surface area (Å²) in [5.41, 5.74) is 2.42. The number of carbonyl (C=O) groups excluding carboxylic acids is 1. The fourth-order valence-corrected chi connectivity index (χ4v) is 5.95. The number of aryl methyl sites for hydroxylation is 2. The maximum atomic E-state index is 13.2. The maximum Gasteiger partial charge on any atom is 0.243 e. The quantitative estimate of drug-likeness (QED) is 0.459. The summed E-state index contributed by atoms with van der Waals surface area (Å²) in [6.45, 7) is 4.37. The number of piperidine rings is 1. The summed E-state index contributed by atoms with van der Waals surface area (Å²) in [5.74, 6) is 0.269. The topological polar surface area (TPSA) is 110 Å². The Morgan fingerprint density at radius 3 is 2.43 bits per heavy atom. The molecule has 180 valence electrons. The molecule has 2 heterocycles. The van der Waals surface area contributed by atoms with Gasteiger partial charge in [-0.1, -0.05) is 36.4 Å². The van der Waals surface area contributed by atoms with Crippen molar-refractivity contribution in [1.82, 2.24) is 24.5 Å². The van der Waals surface area contributed by atoms with Gasteiger partial charge < -0.3 is 5.32 Å². The van der Waals surface area contributed by atoms with Crippen molar-refractivity contribution < 1.29 is 13.2 Å². The van der Waals surface area contributed by atoms with Crippen LogP contribution in [0.15, 0.2) is 65.6 Å². The molecule has 9 nitrogen and oxygen atoms in total. The van der Waals surface area contributed by atoms with Crippen molar-refractivity contribution in [2.24, 2.45) is 5.92 Å². The third-order valence-electron chi connectivity index (χ3n) is 6.51.